The molecule has 0 aliphatic rings. The Kier molecular flexibility index (Phi) is 21.9. The minimum Gasteiger partial charge on any atom is -0.481 e. The van der Waals surface area contributed by atoms with Crippen molar-refractivity contribution >= 4 is 23.5 Å². The summed E-state index contributed by atoms with van der Waals surface area (Å²) in [6.07, 6.45) is 20.5. The van der Waals surface area contributed by atoms with E-state index in [1.54, 1.807) is 6.92 Å². The fourth-order valence-corrected chi connectivity index (χ4v) is 4.27. The molecule has 0 unspecified atom stereocenters. The van der Waals surface area contributed by atoms with E-state index < -0.39 is 17.9 Å². The van der Waals surface area contributed by atoms with Gasteiger partial charge in [0, 0.05) is 32.1 Å². The summed E-state index contributed by atoms with van der Waals surface area (Å²) in [7, 11) is 0. The van der Waals surface area contributed by atoms with Gasteiger partial charge in [-0.3, -0.25) is 19.2 Å². The number of ketones is 2. The van der Waals surface area contributed by atoms with Gasteiger partial charge in [-0.25, -0.2) is 0 Å². The van der Waals surface area contributed by atoms with Crippen LogP contribution in [0.1, 0.15) is 148 Å². The van der Waals surface area contributed by atoms with Gasteiger partial charge in [0.25, 0.3) is 0 Å². The van der Waals surface area contributed by atoms with E-state index in [2.05, 4.69) is 0 Å². The van der Waals surface area contributed by atoms with E-state index in [0.29, 0.717) is 19.3 Å². The summed E-state index contributed by atoms with van der Waals surface area (Å²) < 4.78 is 0. The predicted molar refractivity (Wildman–Crippen MR) is 136 cm³/mol. The molecule has 0 aliphatic heterocycles. The molecule has 0 spiro atoms. The van der Waals surface area contributed by atoms with Crippen LogP contribution in [0.25, 0.3) is 0 Å². The van der Waals surface area contributed by atoms with Gasteiger partial charge < -0.3 is 10.2 Å². The van der Waals surface area contributed by atoms with Gasteiger partial charge in [-0.05, 0) is 19.3 Å². The van der Waals surface area contributed by atoms with Crippen LogP contribution in [-0.2, 0) is 19.2 Å². The average molecular weight is 483 g/mol. The van der Waals surface area contributed by atoms with Crippen LogP contribution >= 0.6 is 0 Å². The van der Waals surface area contributed by atoms with Crippen molar-refractivity contribution in [3.63, 3.8) is 0 Å². The molecule has 0 aromatic carbocycles. The lowest BCUT2D eigenvalue weighted by Gasteiger charge is -2.11. The number of aliphatic carboxylic acids is 2. The van der Waals surface area contributed by atoms with Crippen LogP contribution in [-0.4, -0.2) is 33.7 Å². The maximum absolute atomic E-state index is 12.1. The SMILES string of the molecule is CCC(=O)CC[C@H](CC(=O)CCCCCCCCCCCCCCCCCCC(=O)O)C(=O)O. The standard InChI is InChI=1S/C28H50O6/c1-2-25(29)22-21-24(28(33)34)23-26(30)19-17-15-13-11-9-7-5-3-4-6-8-10-12-14-16-18-20-27(31)32/h24H,2-23H2,1H3,(H,31,32)(H,33,34)/t24-/m1/s1. The fraction of sp³-hybridized carbons (Fsp3) is 0.857. The minimum absolute atomic E-state index is 0.00883. The van der Waals surface area contributed by atoms with Crippen molar-refractivity contribution in [2.24, 2.45) is 5.92 Å². The number of hydrogen-bond acceptors (Lipinski definition) is 4. The van der Waals surface area contributed by atoms with Crippen molar-refractivity contribution in [2.75, 3.05) is 0 Å². The molecule has 0 fully saturated rings. The molecule has 0 saturated carbocycles. The largest absolute Gasteiger partial charge is 0.481 e. The first kappa shape index (κ1) is 32.3. The molecule has 0 aromatic rings. The fourth-order valence-electron chi connectivity index (χ4n) is 4.27. The second kappa shape index (κ2) is 23.0. The lowest BCUT2D eigenvalue weighted by molar-refractivity contribution is -0.144. The summed E-state index contributed by atoms with van der Waals surface area (Å²) in [5.74, 6) is -2.32. The van der Waals surface area contributed by atoms with Crippen molar-refractivity contribution in [1.29, 1.82) is 0 Å². The second-order valence-corrected chi connectivity index (χ2v) is 9.76. The predicted octanol–water partition coefficient (Wildman–Crippen LogP) is 7.51. The van der Waals surface area contributed by atoms with Gasteiger partial charge in [-0.2, -0.15) is 0 Å². The number of rotatable bonds is 26. The quantitative estimate of drug-likeness (QED) is 0.123. The van der Waals surface area contributed by atoms with Crippen LogP contribution in [0.2, 0.25) is 0 Å². The highest BCUT2D eigenvalue weighted by Gasteiger charge is 2.21. The first-order chi connectivity index (χ1) is 16.4. The van der Waals surface area contributed by atoms with E-state index in [4.69, 9.17) is 5.11 Å². The van der Waals surface area contributed by atoms with Crippen molar-refractivity contribution in [2.45, 2.75) is 148 Å². The molecule has 34 heavy (non-hydrogen) atoms. The smallest absolute Gasteiger partial charge is 0.306 e. The summed E-state index contributed by atoms with van der Waals surface area (Å²) in [4.78, 5) is 45.2. The highest BCUT2D eigenvalue weighted by molar-refractivity contribution is 5.84. The summed E-state index contributed by atoms with van der Waals surface area (Å²) in [5, 5.41) is 17.9. The van der Waals surface area contributed by atoms with Gasteiger partial charge in [0.2, 0.25) is 0 Å². The molecule has 0 rings (SSSR count). The van der Waals surface area contributed by atoms with E-state index in [1.807, 2.05) is 0 Å². The molecule has 6 heteroatoms. The first-order valence-corrected chi connectivity index (χ1v) is 13.8. The lowest BCUT2D eigenvalue weighted by atomic mass is 9.93. The molecule has 0 aliphatic carbocycles. The Balaban J connectivity index is 3.43. The molecule has 1 atom stereocenters. The van der Waals surface area contributed by atoms with Crippen molar-refractivity contribution < 1.29 is 29.4 Å². The van der Waals surface area contributed by atoms with Crippen molar-refractivity contribution in [3.8, 4) is 0 Å². The number of carboxylic acids is 2. The Hall–Kier alpha value is -1.72. The number of unbranched alkanes of at least 4 members (excludes halogenated alkanes) is 15. The van der Waals surface area contributed by atoms with Gasteiger partial charge in [0.1, 0.15) is 11.6 Å². The maximum atomic E-state index is 12.1. The van der Waals surface area contributed by atoms with E-state index >= 15 is 0 Å². The molecular formula is C28H50O6. The molecule has 198 valence electrons. The number of carboxylic acid groups (broad SMARTS) is 2. The lowest BCUT2D eigenvalue weighted by Crippen LogP contribution is -2.19. The van der Waals surface area contributed by atoms with Crippen LogP contribution in [0.5, 0.6) is 0 Å². The first-order valence-electron chi connectivity index (χ1n) is 13.8. The molecular weight excluding hydrogens is 432 g/mol. The van der Waals surface area contributed by atoms with E-state index in [9.17, 15) is 24.3 Å². The van der Waals surface area contributed by atoms with Gasteiger partial charge in [-0.1, -0.05) is 96.8 Å². The van der Waals surface area contributed by atoms with E-state index in [0.717, 1.165) is 38.5 Å². The van der Waals surface area contributed by atoms with E-state index in [1.165, 1.54) is 64.2 Å². The van der Waals surface area contributed by atoms with Gasteiger partial charge in [0.15, 0.2) is 0 Å². The van der Waals surface area contributed by atoms with Crippen molar-refractivity contribution in [3.05, 3.63) is 0 Å². The van der Waals surface area contributed by atoms with Crippen LogP contribution in [0.3, 0.4) is 0 Å². The zero-order valence-corrected chi connectivity index (χ0v) is 21.7. The van der Waals surface area contributed by atoms with Crippen molar-refractivity contribution in [1.82, 2.24) is 0 Å². The summed E-state index contributed by atoms with van der Waals surface area (Å²) in [5.41, 5.74) is 0. The summed E-state index contributed by atoms with van der Waals surface area (Å²) >= 11 is 0. The molecule has 0 amide bonds. The average Bonchev–Trinajstić information content (AvgIpc) is 2.80. The van der Waals surface area contributed by atoms with Crippen LogP contribution in [0, 0.1) is 5.92 Å². The highest BCUT2D eigenvalue weighted by Crippen LogP contribution is 2.17. The van der Waals surface area contributed by atoms with Crippen LogP contribution < -0.4 is 0 Å². The zero-order valence-electron chi connectivity index (χ0n) is 21.7. The Morgan fingerprint density at radius 2 is 0.912 bits per heavy atom. The molecule has 0 heterocycles. The molecule has 6 nitrogen and oxygen atoms in total. The normalized spacial score (nSPS) is 11.9. The summed E-state index contributed by atoms with van der Waals surface area (Å²) in [6.45, 7) is 1.77. The van der Waals surface area contributed by atoms with Gasteiger partial charge >= 0.3 is 11.9 Å². The number of hydrogen-bond donors (Lipinski definition) is 2. The Labute approximate surface area is 207 Å². The highest BCUT2D eigenvalue weighted by atomic mass is 16.4. The Bertz CT molecular complexity index is 557. The molecule has 0 bridgehead atoms. The monoisotopic (exact) mass is 482 g/mol. The van der Waals surface area contributed by atoms with Crippen LogP contribution in [0.4, 0.5) is 0 Å². The van der Waals surface area contributed by atoms with E-state index in [-0.39, 0.29) is 30.8 Å². The minimum atomic E-state index is -0.970. The number of Topliss-reactive ketones (excluding diaryl/α,β-unsaturated/α-hetero) is 2. The van der Waals surface area contributed by atoms with Gasteiger partial charge in [0.05, 0.1) is 5.92 Å². The molecule has 0 saturated heterocycles. The third kappa shape index (κ3) is 22.1. The van der Waals surface area contributed by atoms with Crippen LogP contribution in [0.15, 0.2) is 0 Å². The Morgan fingerprint density at radius 3 is 1.26 bits per heavy atom. The third-order valence-electron chi connectivity index (χ3n) is 6.59. The number of carbonyl (C=O) groups excluding carboxylic acids is 2. The number of carbonyl (C=O) groups is 4. The summed E-state index contributed by atoms with van der Waals surface area (Å²) in [6, 6.07) is 0. The maximum Gasteiger partial charge on any atom is 0.306 e. The molecule has 0 aromatic heterocycles. The topological polar surface area (TPSA) is 109 Å². The third-order valence-corrected chi connectivity index (χ3v) is 6.59. The molecule has 2 N–H and O–H groups in total. The second-order valence-electron chi connectivity index (χ2n) is 9.76. The van der Waals surface area contributed by atoms with Gasteiger partial charge in [-0.15, -0.1) is 0 Å². The molecule has 0 radical (unpaired) electrons. The zero-order chi connectivity index (χ0) is 25.4. The Morgan fingerprint density at radius 1 is 0.529 bits per heavy atom.